The van der Waals surface area contributed by atoms with Crippen molar-refractivity contribution in [2.75, 3.05) is 13.7 Å². The van der Waals surface area contributed by atoms with E-state index in [9.17, 15) is 13.2 Å². The Morgan fingerprint density at radius 2 is 2.38 bits per heavy atom. The molecule has 90 valence electrons. The lowest BCUT2D eigenvalue weighted by Gasteiger charge is -2.12. The lowest BCUT2D eigenvalue weighted by atomic mass is 10.3. The summed E-state index contributed by atoms with van der Waals surface area (Å²) in [6, 6.07) is 1.70. The Labute approximate surface area is 96.9 Å². The molecule has 0 aliphatic heterocycles. The highest BCUT2D eigenvalue weighted by molar-refractivity contribution is 7.91. The maximum Gasteiger partial charge on any atom is 0.326 e. The van der Waals surface area contributed by atoms with Gasteiger partial charge in [-0.1, -0.05) is 6.07 Å². The highest BCUT2D eigenvalue weighted by Gasteiger charge is 2.26. The number of carbonyl (C=O) groups is 1. The lowest BCUT2D eigenvalue weighted by Crippen LogP contribution is -2.43. The van der Waals surface area contributed by atoms with Crippen LogP contribution in [0.1, 0.15) is 0 Å². The number of aliphatic hydroxyl groups is 1. The largest absolute Gasteiger partial charge is 0.468 e. The van der Waals surface area contributed by atoms with Crippen LogP contribution in [-0.2, 0) is 19.6 Å². The van der Waals surface area contributed by atoms with Gasteiger partial charge in [0.2, 0.25) is 0 Å². The molecule has 0 aromatic carbocycles. The third-order valence-corrected chi connectivity index (χ3v) is 4.59. The fourth-order valence-electron chi connectivity index (χ4n) is 0.964. The molecule has 0 aliphatic carbocycles. The molecule has 1 atom stereocenters. The number of esters is 1. The molecule has 0 spiro atoms. The van der Waals surface area contributed by atoms with Gasteiger partial charge in [-0.3, -0.25) is 4.79 Å². The number of aliphatic hydroxyl groups excluding tert-OH is 1. The molecule has 0 aliphatic rings. The molecule has 1 aromatic heterocycles. The first-order valence-corrected chi connectivity index (χ1v) is 6.62. The van der Waals surface area contributed by atoms with Gasteiger partial charge in [-0.2, -0.15) is 4.72 Å². The zero-order valence-electron chi connectivity index (χ0n) is 8.41. The van der Waals surface area contributed by atoms with Gasteiger partial charge < -0.3 is 9.84 Å². The second-order valence-corrected chi connectivity index (χ2v) is 5.70. The lowest BCUT2D eigenvalue weighted by molar-refractivity contribution is -0.143. The van der Waals surface area contributed by atoms with Gasteiger partial charge >= 0.3 is 5.97 Å². The maximum atomic E-state index is 11.7. The molecule has 0 amide bonds. The Morgan fingerprint density at radius 1 is 1.69 bits per heavy atom. The summed E-state index contributed by atoms with van der Waals surface area (Å²) in [5.41, 5.74) is 0. The van der Waals surface area contributed by atoms with Crippen molar-refractivity contribution >= 4 is 27.3 Å². The molecule has 2 N–H and O–H groups in total. The molecule has 0 fully saturated rings. The first-order valence-electron chi connectivity index (χ1n) is 4.26. The molecule has 0 radical (unpaired) electrons. The number of nitrogens with one attached hydrogen (secondary N) is 1. The number of rotatable bonds is 5. The quantitative estimate of drug-likeness (QED) is 0.704. The van der Waals surface area contributed by atoms with Crippen LogP contribution in [0.25, 0.3) is 0 Å². The van der Waals surface area contributed by atoms with E-state index in [4.69, 9.17) is 5.11 Å². The molecule has 16 heavy (non-hydrogen) atoms. The Balaban J connectivity index is 2.84. The van der Waals surface area contributed by atoms with Crippen molar-refractivity contribution in [1.82, 2.24) is 4.72 Å². The standard InChI is InChI=1S/C8H11NO5S2/c1-14-8(11)6(5-10)9-16(12,13)7-3-2-4-15-7/h2-4,6,9-10H,5H2,1H3/t6-/m0/s1. The number of carbonyl (C=O) groups excluding carboxylic acids is 1. The molecule has 0 saturated heterocycles. The van der Waals surface area contributed by atoms with E-state index in [1.54, 1.807) is 11.4 Å². The molecule has 0 bridgehead atoms. The van der Waals surface area contributed by atoms with Crippen LogP contribution in [-0.4, -0.2) is 39.3 Å². The molecule has 1 aromatic rings. The molecule has 0 unspecified atom stereocenters. The van der Waals surface area contributed by atoms with E-state index in [0.717, 1.165) is 18.4 Å². The molecular formula is C8H11NO5S2. The highest BCUT2D eigenvalue weighted by atomic mass is 32.2. The number of ether oxygens (including phenoxy) is 1. The van der Waals surface area contributed by atoms with E-state index in [2.05, 4.69) is 9.46 Å². The van der Waals surface area contributed by atoms with Gasteiger partial charge in [0.25, 0.3) is 10.0 Å². The average molecular weight is 265 g/mol. The fourth-order valence-corrected chi connectivity index (χ4v) is 3.15. The van der Waals surface area contributed by atoms with Crippen molar-refractivity contribution < 1.29 is 23.1 Å². The predicted octanol–water partition coefficient (Wildman–Crippen LogP) is -0.440. The zero-order chi connectivity index (χ0) is 12.2. The van der Waals surface area contributed by atoms with E-state index in [0.29, 0.717) is 0 Å². The minimum absolute atomic E-state index is 0.0786. The second-order valence-electron chi connectivity index (χ2n) is 2.81. The summed E-state index contributed by atoms with van der Waals surface area (Å²) < 4.78 is 29.8. The topological polar surface area (TPSA) is 92.7 Å². The Bertz CT molecular complexity index is 439. The number of thiophene rings is 1. The SMILES string of the molecule is COC(=O)[C@H](CO)NS(=O)(=O)c1cccs1. The first kappa shape index (κ1) is 13.1. The Kier molecular flexibility index (Phi) is 4.42. The summed E-state index contributed by atoms with van der Waals surface area (Å²) in [7, 11) is -2.66. The summed E-state index contributed by atoms with van der Waals surface area (Å²) in [6.45, 7) is -0.655. The van der Waals surface area contributed by atoms with E-state index in [1.807, 2.05) is 0 Å². The summed E-state index contributed by atoms with van der Waals surface area (Å²) >= 11 is 1.02. The van der Waals surface area contributed by atoms with Crippen LogP contribution in [0.4, 0.5) is 0 Å². The van der Waals surface area contributed by atoms with Crippen LogP contribution < -0.4 is 4.72 Å². The Hall–Kier alpha value is -0.960. The number of hydrogen-bond donors (Lipinski definition) is 2. The van der Waals surface area contributed by atoms with Gasteiger partial charge in [0.15, 0.2) is 0 Å². The van der Waals surface area contributed by atoms with Crippen LogP contribution >= 0.6 is 11.3 Å². The third-order valence-electron chi connectivity index (χ3n) is 1.73. The molecule has 1 heterocycles. The van der Waals surface area contributed by atoms with E-state index in [1.165, 1.54) is 6.07 Å². The monoisotopic (exact) mass is 265 g/mol. The number of sulfonamides is 1. The predicted molar refractivity (Wildman–Crippen MR) is 57.5 cm³/mol. The van der Waals surface area contributed by atoms with Crippen molar-refractivity contribution in [3.63, 3.8) is 0 Å². The summed E-state index contributed by atoms with van der Waals surface area (Å²) in [5.74, 6) is -0.831. The van der Waals surface area contributed by atoms with Crippen molar-refractivity contribution in [3.8, 4) is 0 Å². The van der Waals surface area contributed by atoms with Crippen LogP contribution in [0.15, 0.2) is 21.7 Å². The van der Waals surface area contributed by atoms with Crippen LogP contribution in [0, 0.1) is 0 Å². The van der Waals surface area contributed by atoms with Gasteiger partial charge in [0, 0.05) is 0 Å². The van der Waals surface area contributed by atoms with Crippen LogP contribution in [0.5, 0.6) is 0 Å². The molecule has 1 rings (SSSR count). The van der Waals surface area contributed by atoms with Crippen molar-refractivity contribution in [1.29, 1.82) is 0 Å². The fraction of sp³-hybridized carbons (Fsp3) is 0.375. The van der Waals surface area contributed by atoms with Gasteiger partial charge in [-0.05, 0) is 11.4 Å². The van der Waals surface area contributed by atoms with E-state index >= 15 is 0 Å². The van der Waals surface area contributed by atoms with Gasteiger partial charge in [0.05, 0.1) is 13.7 Å². The molecular weight excluding hydrogens is 254 g/mol. The third kappa shape index (κ3) is 3.01. The normalized spacial score (nSPS) is 13.4. The highest BCUT2D eigenvalue weighted by Crippen LogP contribution is 2.15. The van der Waals surface area contributed by atoms with E-state index < -0.39 is 28.6 Å². The first-order chi connectivity index (χ1) is 7.51. The second kappa shape index (κ2) is 5.39. The summed E-state index contributed by atoms with van der Waals surface area (Å²) in [5, 5.41) is 10.5. The minimum atomic E-state index is -3.78. The number of hydrogen-bond acceptors (Lipinski definition) is 6. The summed E-state index contributed by atoms with van der Waals surface area (Å²) in [6.07, 6.45) is 0. The zero-order valence-corrected chi connectivity index (χ0v) is 10.0. The average Bonchev–Trinajstić information content (AvgIpc) is 2.78. The minimum Gasteiger partial charge on any atom is -0.468 e. The molecule has 6 nitrogen and oxygen atoms in total. The van der Waals surface area contributed by atoms with Crippen LogP contribution in [0.2, 0.25) is 0 Å². The van der Waals surface area contributed by atoms with E-state index in [-0.39, 0.29) is 4.21 Å². The summed E-state index contributed by atoms with van der Waals surface area (Å²) in [4.78, 5) is 11.1. The van der Waals surface area contributed by atoms with Gasteiger partial charge in [0.1, 0.15) is 10.3 Å². The van der Waals surface area contributed by atoms with Crippen LogP contribution in [0.3, 0.4) is 0 Å². The van der Waals surface area contributed by atoms with Gasteiger partial charge in [-0.15, -0.1) is 11.3 Å². The smallest absolute Gasteiger partial charge is 0.326 e. The number of methoxy groups -OCH3 is 1. The maximum absolute atomic E-state index is 11.7. The molecule has 0 saturated carbocycles. The van der Waals surface area contributed by atoms with Crippen molar-refractivity contribution in [3.05, 3.63) is 17.5 Å². The van der Waals surface area contributed by atoms with Gasteiger partial charge in [-0.25, -0.2) is 8.42 Å². The Morgan fingerprint density at radius 3 is 2.81 bits per heavy atom. The van der Waals surface area contributed by atoms with Crippen molar-refractivity contribution in [2.24, 2.45) is 0 Å². The molecule has 8 heteroatoms. The van der Waals surface area contributed by atoms with Crippen molar-refractivity contribution in [2.45, 2.75) is 10.3 Å².